The first-order valence-electron chi connectivity index (χ1n) is 6.94. The molecule has 0 bridgehead atoms. The van der Waals surface area contributed by atoms with Crippen LogP contribution in [0, 0.1) is 0 Å². The summed E-state index contributed by atoms with van der Waals surface area (Å²) in [4.78, 5) is 12.0. The standard InChI is InChI=1S/C13H30N4O2P2/c1-11-12(18)13(2,20(11,14(3)4)15(5)6)21(19,16(7)8)17(9)10/h1-10H3. The first-order chi connectivity index (χ1) is 9.34. The van der Waals surface area contributed by atoms with E-state index in [1.165, 1.54) is 0 Å². The van der Waals surface area contributed by atoms with Gasteiger partial charge >= 0.3 is 0 Å². The fourth-order valence-corrected chi connectivity index (χ4v) is 15.8. The summed E-state index contributed by atoms with van der Waals surface area (Å²) < 4.78 is 21.6. The number of rotatable bonds is 5. The van der Waals surface area contributed by atoms with Crippen molar-refractivity contribution in [1.29, 1.82) is 0 Å². The van der Waals surface area contributed by atoms with E-state index in [9.17, 15) is 9.36 Å². The first kappa shape index (κ1) is 19.1. The number of hydrogen-bond donors (Lipinski definition) is 0. The van der Waals surface area contributed by atoms with Crippen LogP contribution in [-0.2, 0) is 9.36 Å². The zero-order valence-electron chi connectivity index (χ0n) is 15.0. The topological polar surface area (TPSA) is 47.1 Å². The van der Waals surface area contributed by atoms with E-state index < -0.39 is 19.5 Å². The Morgan fingerprint density at radius 1 is 0.905 bits per heavy atom. The fourth-order valence-electron chi connectivity index (χ4n) is 4.09. The van der Waals surface area contributed by atoms with Crippen LogP contribution in [0.25, 0.3) is 0 Å². The minimum Gasteiger partial charge on any atom is -0.293 e. The van der Waals surface area contributed by atoms with Crippen molar-refractivity contribution in [3.05, 3.63) is 0 Å². The number of carbonyl (C=O) groups is 1. The SMILES string of the molecule is CC1=P(N(C)C)(N(C)C)C(C)(P(=O)(N(C)C)N(C)C)C1=O. The van der Waals surface area contributed by atoms with Gasteiger partial charge in [-0.1, -0.05) is 0 Å². The maximum absolute atomic E-state index is 13.9. The Labute approximate surface area is 129 Å². The van der Waals surface area contributed by atoms with Crippen molar-refractivity contribution in [2.24, 2.45) is 0 Å². The van der Waals surface area contributed by atoms with Gasteiger partial charge < -0.3 is 0 Å². The molecule has 1 rings (SSSR count). The second-order valence-electron chi connectivity index (χ2n) is 6.47. The third-order valence-corrected chi connectivity index (χ3v) is 14.6. The van der Waals surface area contributed by atoms with Gasteiger partial charge in [0, 0.05) is 12.5 Å². The summed E-state index contributed by atoms with van der Waals surface area (Å²) in [6.45, 7) is 3.78. The highest BCUT2D eigenvalue weighted by molar-refractivity contribution is 7.92. The zero-order chi connectivity index (χ0) is 17.0. The second kappa shape index (κ2) is 5.59. The molecule has 0 saturated carbocycles. The van der Waals surface area contributed by atoms with Gasteiger partial charge in [0.1, 0.15) is 0 Å². The summed E-state index contributed by atoms with van der Waals surface area (Å²) in [6.07, 6.45) is 0. The molecule has 1 unspecified atom stereocenters. The Kier molecular flexibility index (Phi) is 5.08. The molecule has 0 spiro atoms. The van der Waals surface area contributed by atoms with Crippen LogP contribution in [-0.4, -0.2) is 91.0 Å². The van der Waals surface area contributed by atoms with Crippen molar-refractivity contribution in [1.82, 2.24) is 18.7 Å². The second-order valence-corrected chi connectivity index (χ2v) is 14.8. The van der Waals surface area contributed by atoms with Crippen LogP contribution >= 0.6 is 14.6 Å². The largest absolute Gasteiger partial charge is 0.293 e. The van der Waals surface area contributed by atoms with Gasteiger partial charge in [0.15, 0.2) is 10.7 Å². The molecule has 0 aromatic heterocycles. The van der Waals surface area contributed by atoms with Gasteiger partial charge in [0.25, 0.3) is 0 Å². The molecule has 6 nitrogen and oxygen atoms in total. The van der Waals surface area contributed by atoms with Crippen molar-refractivity contribution in [2.75, 3.05) is 56.4 Å². The van der Waals surface area contributed by atoms with Crippen molar-refractivity contribution in [3.8, 4) is 0 Å². The molecule has 0 radical (unpaired) electrons. The Hall–Kier alpha value is 0.0400. The number of hydrogen-bond acceptors (Lipinski definition) is 4. The van der Waals surface area contributed by atoms with Crippen LogP contribution in [0.15, 0.2) is 0 Å². The van der Waals surface area contributed by atoms with Crippen LogP contribution in [0.5, 0.6) is 0 Å². The van der Waals surface area contributed by atoms with Gasteiger partial charge in [-0.05, 0) is 70.2 Å². The van der Waals surface area contributed by atoms with Gasteiger partial charge in [0.05, 0.1) is 0 Å². The Bertz CT molecular complexity index is 530. The van der Waals surface area contributed by atoms with E-state index in [0.717, 1.165) is 5.29 Å². The molecule has 124 valence electrons. The average Bonchev–Trinajstić information content (AvgIpc) is 2.35. The number of ketones is 1. The van der Waals surface area contributed by atoms with Gasteiger partial charge in [-0.15, -0.1) is 0 Å². The molecule has 0 fully saturated rings. The van der Waals surface area contributed by atoms with E-state index in [1.54, 1.807) is 37.5 Å². The quantitative estimate of drug-likeness (QED) is 0.713. The third kappa shape index (κ3) is 1.94. The molecule has 1 atom stereocenters. The molecule has 21 heavy (non-hydrogen) atoms. The van der Waals surface area contributed by atoms with Crippen molar-refractivity contribution >= 4 is 25.7 Å². The van der Waals surface area contributed by atoms with E-state index in [1.807, 2.05) is 42.0 Å². The zero-order valence-corrected chi connectivity index (χ0v) is 16.8. The number of carbonyl (C=O) groups excluding carboxylic acids is 1. The summed E-state index contributed by atoms with van der Waals surface area (Å²) in [6, 6.07) is 0. The van der Waals surface area contributed by atoms with Crippen LogP contribution in [0.4, 0.5) is 0 Å². The summed E-state index contributed by atoms with van der Waals surface area (Å²) in [5, 5.41) is 0.851. The molecule has 0 saturated heterocycles. The maximum Gasteiger partial charge on any atom is 0.235 e. The lowest BCUT2D eigenvalue weighted by molar-refractivity contribution is -0.114. The van der Waals surface area contributed by atoms with Gasteiger partial charge in [-0.3, -0.25) is 18.7 Å². The van der Waals surface area contributed by atoms with Crippen LogP contribution < -0.4 is 0 Å². The summed E-state index contributed by atoms with van der Waals surface area (Å²) in [5.41, 5.74) is 0. The highest BCUT2D eigenvalue weighted by atomic mass is 31.2. The lowest BCUT2D eigenvalue weighted by Crippen LogP contribution is -2.59. The highest BCUT2D eigenvalue weighted by Gasteiger charge is 2.70. The molecule has 0 aromatic rings. The third-order valence-electron chi connectivity index (χ3n) is 4.64. The predicted octanol–water partition coefficient (Wildman–Crippen LogP) is 1.76. The van der Waals surface area contributed by atoms with E-state index >= 15 is 0 Å². The summed E-state index contributed by atoms with van der Waals surface area (Å²) >= 11 is 0. The van der Waals surface area contributed by atoms with Crippen LogP contribution in [0.3, 0.4) is 0 Å². The minimum absolute atomic E-state index is 0.0315. The lowest BCUT2D eigenvalue weighted by atomic mass is 10.2. The first-order valence-corrected chi connectivity index (χ1v) is 10.2. The van der Waals surface area contributed by atoms with Gasteiger partial charge in [0.2, 0.25) is 7.44 Å². The van der Waals surface area contributed by atoms with Gasteiger partial charge in [-0.25, -0.2) is 9.34 Å². The van der Waals surface area contributed by atoms with E-state index in [-0.39, 0.29) is 5.78 Å². The molecule has 0 N–H and O–H groups in total. The molecular weight excluding hydrogens is 306 g/mol. The van der Waals surface area contributed by atoms with Crippen LogP contribution in [0.2, 0.25) is 0 Å². The molecule has 1 aliphatic rings. The van der Waals surface area contributed by atoms with Gasteiger partial charge in [-0.2, -0.15) is 0 Å². The van der Waals surface area contributed by atoms with Crippen molar-refractivity contribution in [2.45, 2.75) is 18.7 Å². The Balaban J connectivity index is 3.85. The van der Waals surface area contributed by atoms with Crippen molar-refractivity contribution < 1.29 is 9.36 Å². The Morgan fingerprint density at radius 3 is 1.48 bits per heavy atom. The van der Waals surface area contributed by atoms with E-state index in [4.69, 9.17) is 0 Å². The summed E-state index contributed by atoms with van der Waals surface area (Å²) in [7, 11) is 9.96. The Morgan fingerprint density at radius 2 is 1.24 bits per heavy atom. The molecule has 0 aromatic carbocycles. The maximum atomic E-state index is 13.9. The smallest absolute Gasteiger partial charge is 0.235 e. The molecule has 1 aliphatic heterocycles. The number of nitrogens with zero attached hydrogens (tertiary/aromatic N) is 4. The van der Waals surface area contributed by atoms with Crippen LogP contribution in [0.1, 0.15) is 13.8 Å². The lowest BCUT2D eigenvalue weighted by Gasteiger charge is -2.61. The van der Waals surface area contributed by atoms with Crippen molar-refractivity contribution in [3.63, 3.8) is 0 Å². The molecule has 1 heterocycles. The normalized spacial score (nSPS) is 26.2. The van der Waals surface area contributed by atoms with E-state index in [2.05, 4.69) is 9.34 Å². The molecular formula is C13H30N4O2P2. The van der Waals surface area contributed by atoms with E-state index in [0.29, 0.717) is 0 Å². The predicted molar refractivity (Wildman–Crippen MR) is 93.4 cm³/mol. The summed E-state index contributed by atoms with van der Waals surface area (Å²) in [5.74, 6) is 0.0315. The number of Topliss-reactive ketones (excluding diaryl/α,β-unsaturated/α-hetero) is 1. The monoisotopic (exact) mass is 336 g/mol. The molecule has 0 aliphatic carbocycles. The average molecular weight is 336 g/mol. The molecule has 0 amide bonds. The minimum atomic E-state index is -3.04. The fraction of sp³-hybridized carbons (Fsp3) is 0.846. The highest BCUT2D eigenvalue weighted by Crippen LogP contribution is 2.84. The molecule has 8 heteroatoms.